The topological polar surface area (TPSA) is 79.3 Å². The molecule has 1 atom stereocenters. The summed E-state index contributed by atoms with van der Waals surface area (Å²) in [5.41, 5.74) is 1.11. The largest absolute Gasteiger partial charge is 0.369 e. The number of amides is 2. The van der Waals surface area contributed by atoms with Gasteiger partial charge in [0.25, 0.3) is 0 Å². The highest BCUT2D eigenvalue weighted by Crippen LogP contribution is 2.36. The van der Waals surface area contributed by atoms with Crippen molar-refractivity contribution in [1.29, 1.82) is 0 Å². The number of hydrogen-bond acceptors (Lipinski definition) is 4. The van der Waals surface area contributed by atoms with Gasteiger partial charge in [0.2, 0.25) is 11.8 Å². The van der Waals surface area contributed by atoms with E-state index in [-0.39, 0.29) is 17.9 Å². The Morgan fingerprint density at radius 2 is 1.96 bits per heavy atom. The first-order valence-electron chi connectivity index (χ1n) is 9.09. The van der Waals surface area contributed by atoms with Crippen molar-refractivity contribution >= 4 is 23.2 Å². The third-order valence-corrected chi connectivity index (χ3v) is 5.43. The number of likely N-dealkylation sites (tertiary alicyclic amines) is 1. The van der Waals surface area contributed by atoms with E-state index >= 15 is 0 Å². The molecule has 2 amide bonds. The van der Waals surface area contributed by atoms with Gasteiger partial charge < -0.3 is 15.5 Å². The second-order valence-electron chi connectivity index (χ2n) is 6.94. The summed E-state index contributed by atoms with van der Waals surface area (Å²) < 4.78 is 1.72. The molecule has 7 heteroatoms. The number of rotatable bonds is 3. The summed E-state index contributed by atoms with van der Waals surface area (Å²) in [4.78, 5) is 27.5. The van der Waals surface area contributed by atoms with Gasteiger partial charge in [-0.2, -0.15) is 5.10 Å². The molecule has 4 rings (SSSR count). The zero-order chi connectivity index (χ0) is 18.1. The van der Waals surface area contributed by atoms with Crippen molar-refractivity contribution in [2.24, 2.45) is 0 Å². The number of nitrogens with zero attached hydrogens (tertiary/aromatic N) is 3. The summed E-state index contributed by atoms with van der Waals surface area (Å²) in [6.07, 6.45) is 5.39. The number of carbonyl (C=O) groups excluding carboxylic acids is 2. The van der Waals surface area contributed by atoms with Crippen LogP contribution in [-0.2, 0) is 9.59 Å². The molecule has 0 bridgehead atoms. The number of anilines is 2. The normalized spacial score (nSPS) is 19.4. The molecule has 0 saturated carbocycles. The molecule has 2 aliphatic rings. The van der Waals surface area contributed by atoms with Crippen molar-refractivity contribution in [2.75, 3.05) is 23.7 Å². The minimum Gasteiger partial charge on any atom is -0.369 e. The Bertz CT molecular complexity index is 809. The van der Waals surface area contributed by atoms with Crippen LogP contribution in [-0.4, -0.2) is 45.1 Å². The fourth-order valence-corrected chi connectivity index (χ4v) is 3.87. The Hall–Kier alpha value is -2.83. The van der Waals surface area contributed by atoms with Gasteiger partial charge in [0.15, 0.2) is 0 Å². The van der Waals surface area contributed by atoms with Crippen LogP contribution in [0.25, 0.3) is 0 Å². The molecule has 1 aromatic carbocycles. The summed E-state index contributed by atoms with van der Waals surface area (Å²) in [5, 5.41) is 10.6. The molecule has 1 aromatic heterocycles. The Morgan fingerprint density at radius 3 is 2.62 bits per heavy atom. The van der Waals surface area contributed by atoms with Crippen LogP contribution in [0, 0.1) is 0 Å². The van der Waals surface area contributed by atoms with E-state index in [1.54, 1.807) is 10.9 Å². The first-order valence-corrected chi connectivity index (χ1v) is 9.09. The number of benzene rings is 1. The van der Waals surface area contributed by atoms with Crippen molar-refractivity contribution in [1.82, 2.24) is 14.7 Å². The van der Waals surface area contributed by atoms with Crippen LogP contribution in [0.3, 0.4) is 0 Å². The van der Waals surface area contributed by atoms with E-state index in [9.17, 15) is 9.59 Å². The second-order valence-corrected chi connectivity index (χ2v) is 6.94. The minimum absolute atomic E-state index is 0.0117. The smallest absolute Gasteiger partial charge is 0.250 e. The zero-order valence-corrected chi connectivity index (χ0v) is 14.8. The van der Waals surface area contributed by atoms with Gasteiger partial charge in [-0.1, -0.05) is 19.1 Å². The van der Waals surface area contributed by atoms with Gasteiger partial charge in [-0.05, 0) is 37.5 Å². The average molecular weight is 353 g/mol. The van der Waals surface area contributed by atoms with Crippen molar-refractivity contribution < 1.29 is 9.59 Å². The predicted molar refractivity (Wildman–Crippen MR) is 98.8 cm³/mol. The van der Waals surface area contributed by atoms with Gasteiger partial charge in [0.05, 0.1) is 11.4 Å². The Morgan fingerprint density at radius 1 is 1.23 bits per heavy atom. The van der Waals surface area contributed by atoms with E-state index in [0.717, 1.165) is 11.4 Å². The Balaban J connectivity index is 1.47. The van der Waals surface area contributed by atoms with Crippen LogP contribution < -0.4 is 10.6 Å². The summed E-state index contributed by atoms with van der Waals surface area (Å²) in [5.74, 6) is 0.0603. The Kier molecular flexibility index (Phi) is 4.14. The predicted octanol–water partition coefficient (Wildman–Crippen LogP) is 2.26. The number of hydrogen-bond donors (Lipinski definition) is 2. The minimum atomic E-state index is -0.640. The lowest BCUT2D eigenvalue weighted by atomic mass is 9.84. The molecule has 1 spiro atoms. The van der Waals surface area contributed by atoms with Crippen molar-refractivity contribution in [3.05, 3.63) is 42.7 Å². The summed E-state index contributed by atoms with van der Waals surface area (Å²) in [7, 11) is 0. The summed E-state index contributed by atoms with van der Waals surface area (Å²) in [6.45, 7) is 3.10. The lowest BCUT2D eigenvalue weighted by Crippen LogP contribution is -2.59. The van der Waals surface area contributed by atoms with E-state index in [1.807, 2.05) is 48.4 Å². The lowest BCUT2D eigenvalue weighted by Gasteiger charge is -2.44. The van der Waals surface area contributed by atoms with Gasteiger partial charge >= 0.3 is 0 Å². The van der Waals surface area contributed by atoms with E-state index in [4.69, 9.17) is 0 Å². The average Bonchev–Trinajstić information content (AvgIpc) is 3.18. The van der Waals surface area contributed by atoms with Crippen molar-refractivity contribution in [3.63, 3.8) is 0 Å². The van der Waals surface area contributed by atoms with E-state index in [1.165, 1.54) is 0 Å². The first-order chi connectivity index (χ1) is 12.6. The Labute approximate surface area is 152 Å². The monoisotopic (exact) mass is 353 g/mol. The highest BCUT2D eigenvalue weighted by atomic mass is 16.2. The van der Waals surface area contributed by atoms with Gasteiger partial charge in [0, 0.05) is 25.5 Å². The summed E-state index contributed by atoms with van der Waals surface area (Å²) >= 11 is 0. The maximum Gasteiger partial charge on any atom is 0.250 e. The standard InChI is InChI=1S/C19H23N5O2/c1-2-16(24-11-5-10-20-24)17(25)23-12-8-19(9-13-23)18(26)21-14-6-3-4-7-15(14)22-19/h3-7,10-11,16,22H,2,8-9,12-13H2,1H3,(H,21,26)/t16-/m1/s1. The van der Waals surface area contributed by atoms with E-state index in [2.05, 4.69) is 15.7 Å². The van der Waals surface area contributed by atoms with Gasteiger partial charge in [-0.3, -0.25) is 14.3 Å². The molecule has 3 heterocycles. The van der Waals surface area contributed by atoms with Crippen LogP contribution in [0.4, 0.5) is 11.4 Å². The SMILES string of the molecule is CC[C@H](C(=O)N1CCC2(CC1)Nc1ccccc1NC2=O)n1cccn1. The molecule has 7 nitrogen and oxygen atoms in total. The number of aromatic nitrogens is 2. The molecule has 26 heavy (non-hydrogen) atoms. The molecule has 0 unspecified atom stereocenters. The van der Waals surface area contributed by atoms with Crippen LogP contribution in [0.5, 0.6) is 0 Å². The highest BCUT2D eigenvalue weighted by Gasteiger charge is 2.45. The fourth-order valence-electron chi connectivity index (χ4n) is 3.87. The third kappa shape index (κ3) is 2.73. The molecule has 2 N–H and O–H groups in total. The second kappa shape index (κ2) is 6.48. The molecule has 2 aliphatic heterocycles. The van der Waals surface area contributed by atoms with Crippen LogP contribution in [0.2, 0.25) is 0 Å². The maximum atomic E-state index is 12.9. The van der Waals surface area contributed by atoms with Crippen LogP contribution in [0.1, 0.15) is 32.2 Å². The van der Waals surface area contributed by atoms with E-state index < -0.39 is 5.54 Å². The van der Waals surface area contributed by atoms with E-state index in [0.29, 0.717) is 32.4 Å². The van der Waals surface area contributed by atoms with Crippen LogP contribution >= 0.6 is 0 Å². The molecule has 1 saturated heterocycles. The third-order valence-electron chi connectivity index (χ3n) is 5.43. The molecule has 2 aromatic rings. The number of fused-ring (bicyclic) bond motifs is 1. The summed E-state index contributed by atoms with van der Waals surface area (Å²) in [6, 6.07) is 9.26. The highest BCUT2D eigenvalue weighted by molar-refractivity contribution is 6.06. The zero-order valence-electron chi connectivity index (χ0n) is 14.8. The molecule has 1 fully saturated rings. The lowest BCUT2D eigenvalue weighted by molar-refractivity contribution is -0.138. The molecule has 0 aliphatic carbocycles. The van der Waals surface area contributed by atoms with Crippen molar-refractivity contribution in [2.45, 2.75) is 37.8 Å². The molecule has 136 valence electrons. The van der Waals surface area contributed by atoms with Crippen LogP contribution in [0.15, 0.2) is 42.7 Å². The van der Waals surface area contributed by atoms with Gasteiger partial charge in [-0.25, -0.2) is 0 Å². The quantitative estimate of drug-likeness (QED) is 0.887. The fraction of sp³-hybridized carbons (Fsp3) is 0.421. The number of piperidine rings is 1. The number of nitrogens with one attached hydrogen (secondary N) is 2. The van der Waals surface area contributed by atoms with Gasteiger partial charge in [0.1, 0.15) is 11.6 Å². The number of carbonyl (C=O) groups is 2. The molecular formula is C19H23N5O2. The van der Waals surface area contributed by atoms with Crippen molar-refractivity contribution in [3.8, 4) is 0 Å². The maximum absolute atomic E-state index is 12.9. The molecule has 0 radical (unpaired) electrons. The number of para-hydroxylation sites is 2. The first kappa shape index (κ1) is 16.6. The molecular weight excluding hydrogens is 330 g/mol. The van der Waals surface area contributed by atoms with Gasteiger partial charge in [-0.15, -0.1) is 0 Å².